The number of carbonyl (C=O) groups excluding carboxylic acids is 2. The number of nitrogens with one attached hydrogen (secondary N) is 4. The van der Waals surface area contributed by atoms with Crippen LogP contribution in [-0.4, -0.2) is 72.9 Å². The fraction of sp³-hybridized carbons (Fsp3) is 0.370. The molecule has 5 N–H and O–H groups in total. The number of aryl methyl sites for hydroxylation is 2. The second kappa shape index (κ2) is 11.8. The van der Waals surface area contributed by atoms with Crippen molar-refractivity contribution in [2.75, 3.05) is 25.0 Å². The smallest absolute Gasteiger partial charge is 0.392 e. The Morgan fingerprint density at radius 1 is 1.19 bits per heavy atom. The molecule has 15 heteroatoms. The lowest BCUT2D eigenvalue weighted by atomic mass is 10.0. The third-order valence-corrected chi connectivity index (χ3v) is 6.93. The third-order valence-electron chi connectivity index (χ3n) is 6.93. The molecule has 42 heavy (non-hydrogen) atoms. The van der Waals surface area contributed by atoms with Gasteiger partial charge in [0.2, 0.25) is 5.91 Å². The highest BCUT2D eigenvalue weighted by Crippen LogP contribution is 2.36. The number of hydrogen-bond acceptors (Lipinski definition) is 8. The normalized spacial score (nSPS) is 17.0. The Balaban J connectivity index is 1.27. The number of hydrogen-bond donors (Lipinski definition) is 5. The highest BCUT2D eigenvalue weighted by atomic mass is 19.4. The van der Waals surface area contributed by atoms with Gasteiger partial charge in [-0.05, 0) is 36.6 Å². The Hall–Kier alpha value is -4.50. The van der Waals surface area contributed by atoms with Crippen LogP contribution in [-0.2, 0) is 24.4 Å². The monoisotopic (exact) mass is 585 g/mol. The van der Waals surface area contributed by atoms with Gasteiger partial charge in [-0.1, -0.05) is 6.92 Å². The molecular formula is C27H30F3N9O3. The molecule has 12 nitrogen and oxygen atoms in total. The molecule has 0 aliphatic carbocycles. The number of alkyl halides is 3. The van der Waals surface area contributed by atoms with Gasteiger partial charge in [-0.15, -0.1) is 0 Å². The quantitative estimate of drug-likeness (QED) is 0.187. The molecule has 0 radical (unpaired) electrons. The number of aromatic nitrogens is 5. The van der Waals surface area contributed by atoms with Crippen molar-refractivity contribution < 1.29 is 27.9 Å². The van der Waals surface area contributed by atoms with Gasteiger partial charge in [0.15, 0.2) is 17.2 Å². The fourth-order valence-corrected chi connectivity index (χ4v) is 4.91. The SMILES string of the molecule is CCc1cc(Nc2nccn3c(-c4cn(C)nc4C(F)(F)F)cnc23)ccc1C(=O)NCCNC(=O)[C@@H]1C[C@@H](O)CN1. The van der Waals surface area contributed by atoms with E-state index < -0.39 is 24.0 Å². The molecule has 1 saturated heterocycles. The average Bonchev–Trinajstić information content (AvgIpc) is 3.69. The maximum Gasteiger partial charge on any atom is 0.435 e. The molecule has 3 aromatic heterocycles. The number of halogens is 3. The van der Waals surface area contributed by atoms with Crippen LogP contribution in [0.25, 0.3) is 16.9 Å². The average molecular weight is 586 g/mol. The summed E-state index contributed by atoms with van der Waals surface area (Å²) in [6, 6.07) is 4.72. The molecular weight excluding hydrogens is 555 g/mol. The summed E-state index contributed by atoms with van der Waals surface area (Å²) in [7, 11) is 1.42. The molecule has 2 atom stereocenters. The predicted octanol–water partition coefficient (Wildman–Crippen LogP) is 2.02. The van der Waals surface area contributed by atoms with Gasteiger partial charge in [0.05, 0.1) is 29.6 Å². The molecule has 2 amide bonds. The van der Waals surface area contributed by atoms with Crippen molar-refractivity contribution >= 4 is 29.0 Å². The number of rotatable bonds is 9. The van der Waals surface area contributed by atoms with E-state index in [2.05, 4.69) is 36.3 Å². The third kappa shape index (κ3) is 6.06. The zero-order valence-corrected chi connectivity index (χ0v) is 22.9. The van der Waals surface area contributed by atoms with Crippen LogP contribution in [0.1, 0.15) is 35.0 Å². The number of aliphatic hydroxyl groups is 1. The van der Waals surface area contributed by atoms with E-state index in [9.17, 15) is 27.9 Å². The first-order valence-corrected chi connectivity index (χ1v) is 13.4. The summed E-state index contributed by atoms with van der Waals surface area (Å²) in [6.07, 6.45) is 1.35. The number of β-amino-alcohol motifs (C(OH)–C–C–N with tert-alkyl or cyclic N) is 1. The molecule has 5 rings (SSSR count). The first kappa shape index (κ1) is 29.0. The van der Waals surface area contributed by atoms with E-state index in [1.807, 2.05) is 6.92 Å². The minimum Gasteiger partial charge on any atom is -0.392 e. The van der Waals surface area contributed by atoms with E-state index in [0.717, 1.165) is 10.2 Å². The highest BCUT2D eigenvalue weighted by Gasteiger charge is 2.38. The van der Waals surface area contributed by atoms with Crippen LogP contribution in [0, 0.1) is 0 Å². The molecule has 1 aromatic carbocycles. The molecule has 1 fully saturated rings. The molecule has 1 aliphatic rings. The van der Waals surface area contributed by atoms with E-state index in [1.165, 1.54) is 36.2 Å². The Morgan fingerprint density at radius 3 is 2.69 bits per heavy atom. The molecule has 4 aromatic rings. The van der Waals surface area contributed by atoms with Gasteiger partial charge in [0.25, 0.3) is 5.91 Å². The lowest BCUT2D eigenvalue weighted by Crippen LogP contribution is -2.43. The van der Waals surface area contributed by atoms with Crippen molar-refractivity contribution in [1.82, 2.24) is 40.1 Å². The van der Waals surface area contributed by atoms with Crippen molar-refractivity contribution in [2.24, 2.45) is 7.05 Å². The number of fused-ring (bicyclic) bond motifs is 1. The van der Waals surface area contributed by atoms with E-state index in [-0.39, 0.29) is 36.2 Å². The lowest BCUT2D eigenvalue weighted by Gasteiger charge is -2.14. The molecule has 4 heterocycles. The second-order valence-electron chi connectivity index (χ2n) is 9.92. The van der Waals surface area contributed by atoms with Gasteiger partial charge < -0.3 is 26.4 Å². The van der Waals surface area contributed by atoms with Gasteiger partial charge in [0, 0.05) is 56.5 Å². The second-order valence-corrected chi connectivity index (χ2v) is 9.92. The Morgan fingerprint density at radius 2 is 1.98 bits per heavy atom. The summed E-state index contributed by atoms with van der Waals surface area (Å²) >= 11 is 0. The molecule has 1 aliphatic heterocycles. The van der Waals surface area contributed by atoms with E-state index in [0.29, 0.717) is 42.1 Å². The zero-order valence-electron chi connectivity index (χ0n) is 22.9. The van der Waals surface area contributed by atoms with Gasteiger partial charge in [-0.2, -0.15) is 18.3 Å². The summed E-state index contributed by atoms with van der Waals surface area (Å²) in [6.45, 7) is 2.75. The number of imidazole rings is 1. The first-order chi connectivity index (χ1) is 20.0. The van der Waals surface area contributed by atoms with Crippen molar-refractivity contribution in [3.8, 4) is 11.3 Å². The van der Waals surface area contributed by atoms with Crippen molar-refractivity contribution in [3.05, 3.63) is 59.8 Å². The highest BCUT2D eigenvalue weighted by molar-refractivity contribution is 5.96. The van der Waals surface area contributed by atoms with Gasteiger partial charge in [-0.25, -0.2) is 9.97 Å². The summed E-state index contributed by atoms with van der Waals surface area (Å²) in [5.41, 5.74) is 1.26. The van der Waals surface area contributed by atoms with Gasteiger partial charge in [-0.3, -0.25) is 18.7 Å². The number of nitrogens with zero attached hydrogens (tertiary/aromatic N) is 5. The molecule has 0 spiro atoms. The number of carbonyl (C=O) groups is 2. The largest absolute Gasteiger partial charge is 0.435 e. The molecule has 222 valence electrons. The van der Waals surface area contributed by atoms with Crippen LogP contribution in [0.5, 0.6) is 0 Å². The predicted molar refractivity (Wildman–Crippen MR) is 147 cm³/mol. The van der Waals surface area contributed by atoms with Crippen molar-refractivity contribution in [1.29, 1.82) is 0 Å². The molecule has 0 bridgehead atoms. The summed E-state index contributed by atoms with van der Waals surface area (Å²) in [4.78, 5) is 33.6. The van der Waals surface area contributed by atoms with E-state index >= 15 is 0 Å². The number of amides is 2. The zero-order chi connectivity index (χ0) is 30.0. The molecule has 0 unspecified atom stereocenters. The Bertz CT molecular complexity index is 1620. The fourth-order valence-electron chi connectivity index (χ4n) is 4.91. The van der Waals surface area contributed by atoms with Crippen LogP contribution in [0.15, 0.2) is 43.0 Å². The van der Waals surface area contributed by atoms with Crippen LogP contribution in [0.4, 0.5) is 24.7 Å². The maximum atomic E-state index is 13.6. The van der Waals surface area contributed by atoms with Crippen LogP contribution in [0.2, 0.25) is 0 Å². The first-order valence-electron chi connectivity index (χ1n) is 13.4. The minimum atomic E-state index is -4.63. The van der Waals surface area contributed by atoms with Gasteiger partial charge in [0.1, 0.15) is 0 Å². The van der Waals surface area contributed by atoms with Crippen LogP contribution >= 0.6 is 0 Å². The number of anilines is 2. The maximum absolute atomic E-state index is 13.6. The number of aliphatic hydroxyl groups excluding tert-OH is 1. The minimum absolute atomic E-state index is 0.105. The van der Waals surface area contributed by atoms with E-state index in [1.54, 1.807) is 18.2 Å². The van der Waals surface area contributed by atoms with Crippen molar-refractivity contribution in [3.63, 3.8) is 0 Å². The Labute approximate surface area is 238 Å². The van der Waals surface area contributed by atoms with Gasteiger partial charge >= 0.3 is 6.18 Å². The lowest BCUT2D eigenvalue weighted by molar-refractivity contribution is -0.141. The Kier molecular flexibility index (Phi) is 8.13. The molecule has 0 saturated carbocycles. The standard InChI is InChI=1S/C27H30F3N9O3/c1-3-15-10-16(4-5-18(15)25(41)32-6-7-33-26(42)20-11-17(40)12-34-20)36-23-24-35-13-21(39(24)9-8-31-23)19-14-38(2)37-22(19)27(28,29)30/h4-5,8-10,13-14,17,20,34,40H,3,6-7,11-12H2,1-2H3,(H,31,36)(H,32,41)(H,33,42)/t17-,20+/m1/s1. The summed E-state index contributed by atoms with van der Waals surface area (Å²) in [5.74, 6) is -0.197. The van der Waals surface area contributed by atoms with Crippen LogP contribution in [0.3, 0.4) is 0 Å². The summed E-state index contributed by atoms with van der Waals surface area (Å²) in [5, 5.41) is 24.8. The summed E-state index contributed by atoms with van der Waals surface area (Å²) < 4.78 is 43.4. The van der Waals surface area contributed by atoms with Crippen molar-refractivity contribution in [2.45, 2.75) is 38.1 Å². The van der Waals surface area contributed by atoms with E-state index in [4.69, 9.17) is 0 Å². The van der Waals surface area contributed by atoms with Crippen LogP contribution < -0.4 is 21.3 Å². The topological polar surface area (TPSA) is 150 Å². The number of benzene rings is 1.